The molecule has 2 rings (SSSR count). The fourth-order valence-electron chi connectivity index (χ4n) is 2.83. The monoisotopic (exact) mass is 447 g/mol. The molecule has 1 aromatic heterocycles. The topological polar surface area (TPSA) is 61.8 Å². The number of aromatic nitrogens is 1. The summed E-state index contributed by atoms with van der Waals surface area (Å²) in [6, 6.07) is 6.76. The Morgan fingerprint density at radius 3 is 2.75 bits per heavy atom. The third-order valence-corrected chi connectivity index (χ3v) is 4.34. The highest BCUT2D eigenvalue weighted by atomic mass is 127. The van der Waals surface area contributed by atoms with Gasteiger partial charge in [0.05, 0.1) is 19.3 Å². The predicted octanol–water partition coefficient (Wildman–Crippen LogP) is 2.10. The van der Waals surface area contributed by atoms with Gasteiger partial charge in [0, 0.05) is 38.3 Å². The Morgan fingerprint density at radius 1 is 1.42 bits per heavy atom. The van der Waals surface area contributed by atoms with Crippen LogP contribution in [0.4, 0.5) is 0 Å². The molecule has 0 amide bonds. The van der Waals surface area contributed by atoms with E-state index in [1.54, 1.807) is 14.2 Å². The highest BCUT2D eigenvalue weighted by Crippen LogP contribution is 2.18. The van der Waals surface area contributed by atoms with Crippen molar-refractivity contribution in [2.45, 2.75) is 39.4 Å². The number of hydrogen-bond acceptors (Lipinski definition) is 4. The molecule has 0 aromatic carbocycles. The first-order chi connectivity index (χ1) is 11.0. The Hall–Kier alpha value is -1.09. The summed E-state index contributed by atoms with van der Waals surface area (Å²) in [4.78, 5) is 11.2. The number of likely N-dealkylation sites (tertiary alicyclic amines) is 1. The van der Waals surface area contributed by atoms with Crippen molar-refractivity contribution < 1.29 is 4.74 Å². The number of halogens is 1. The van der Waals surface area contributed by atoms with Gasteiger partial charge >= 0.3 is 0 Å². The van der Waals surface area contributed by atoms with Gasteiger partial charge in [-0.2, -0.15) is 0 Å². The zero-order valence-electron chi connectivity index (χ0n) is 15.2. The summed E-state index contributed by atoms with van der Waals surface area (Å²) in [5, 5.41) is 6.87. The molecule has 24 heavy (non-hydrogen) atoms. The second kappa shape index (κ2) is 10.0. The molecular weight excluding hydrogens is 417 g/mol. The van der Waals surface area contributed by atoms with E-state index in [1.807, 2.05) is 18.2 Å². The average molecular weight is 447 g/mol. The molecule has 2 heterocycles. The molecule has 2 N–H and O–H groups in total. The van der Waals surface area contributed by atoms with Crippen LogP contribution in [0.3, 0.4) is 0 Å². The first-order valence-corrected chi connectivity index (χ1v) is 8.24. The van der Waals surface area contributed by atoms with Crippen LogP contribution in [0.1, 0.15) is 26.5 Å². The highest BCUT2D eigenvalue weighted by molar-refractivity contribution is 14.0. The van der Waals surface area contributed by atoms with Crippen molar-refractivity contribution in [3.63, 3.8) is 0 Å². The van der Waals surface area contributed by atoms with E-state index in [-0.39, 0.29) is 24.0 Å². The molecule has 6 nitrogen and oxygen atoms in total. The van der Waals surface area contributed by atoms with E-state index in [2.05, 4.69) is 46.3 Å². The fourth-order valence-corrected chi connectivity index (χ4v) is 2.83. The van der Waals surface area contributed by atoms with Crippen LogP contribution >= 0.6 is 24.0 Å². The first-order valence-electron chi connectivity index (χ1n) is 8.24. The molecule has 0 saturated carbocycles. The number of guanidine groups is 1. The lowest BCUT2D eigenvalue weighted by Gasteiger charge is -2.21. The molecule has 0 aliphatic carbocycles. The molecule has 2 atom stereocenters. The SMILES string of the molecule is CN=C(NCc1cccc(OC)n1)NC1CN(C(C)C)CC1C.I. The zero-order valence-corrected chi connectivity index (χ0v) is 17.6. The number of rotatable bonds is 5. The van der Waals surface area contributed by atoms with Crippen LogP contribution in [0.2, 0.25) is 0 Å². The minimum Gasteiger partial charge on any atom is -0.481 e. The summed E-state index contributed by atoms with van der Waals surface area (Å²) >= 11 is 0. The second-order valence-electron chi connectivity index (χ2n) is 6.37. The first kappa shape index (κ1) is 21.0. The lowest BCUT2D eigenvalue weighted by Crippen LogP contribution is -2.46. The number of pyridine rings is 1. The largest absolute Gasteiger partial charge is 0.481 e. The quantitative estimate of drug-likeness (QED) is 0.412. The summed E-state index contributed by atoms with van der Waals surface area (Å²) in [5.74, 6) is 2.05. The van der Waals surface area contributed by atoms with Crippen molar-refractivity contribution in [2.75, 3.05) is 27.2 Å². The fraction of sp³-hybridized carbons (Fsp3) is 0.647. The van der Waals surface area contributed by atoms with Gasteiger partial charge < -0.3 is 15.4 Å². The molecule has 0 radical (unpaired) electrons. The zero-order chi connectivity index (χ0) is 16.8. The Balaban J connectivity index is 0.00000288. The number of hydrogen-bond donors (Lipinski definition) is 2. The Labute approximate surface area is 162 Å². The minimum absolute atomic E-state index is 0. The number of methoxy groups -OCH3 is 1. The van der Waals surface area contributed by atoms with E-state index in [4.69, 9.17) is 4.74 Å². The van der Waals surface area contributed by atoms with E-state index in [0.717, 1.165) is 24.7 Å². The molecule has 1 aliphatic heterocycles. The third kappa shape index (κ3) is 5.77. The van der Waals surface area contributed by atoms with E-state index in [0.29, 0.717) is 30.4 Å². The lowest BCUT2D eigenvalue weighted by molar-refractivity contribution is 0.265. The van der Waals surface area contributed by atoms with Gasteiger partial charge in [-0.05, 0) is 25.8 Å². The van der Waals surface area contributed by atoms with Gasteiger partial charge in [0.15, 0.2) is 5.96 Å². The van der Waals surface area contributed by atoms with E-state index < -0.39 is 0 Å². The van der Waals surface area contributed by atoms with Crippen LogP contribution in [0, 0.1) is 5.92 Å². The van der Waals surface area contributed by atoms with E-state index >= 15 is 0 Å². The number of nitrogens with zero attached hydrogens (tertiary/aromatic N) is 3. The number of ether oxygens (including phenoxy) is 1. The van der Waals surface area contributed by atoms with Gasteiger partial charge in [-0.3, -0.25) is 9.89 Å². The molecule has 1 aromatic rings. The smallest absolute Gasteiger partial charge is 0.213 e. The van der Waals surface area contributed by atoms with Gasteiger partial charge in [-0.15, -0.1) is 24.0 Å². The van der Waals surface area contributed by atoms with Crippen LogP contribution in [0.15, 0.2) is 23.2 Å². The summed E-state index contributed by atoms with van der Waals surface area (Å²) in [6.07, 6.45) is 0. The summed E-state index contributed by atoms with van der Waals surface area (Å²) in [7, 11) is 3.43. The predicted molar refractivity (Wildman–Crippen MR) is 109 cm³/mol. The van der Waals surface area contributed by atoms with Crippen molar-refractivity contribution in [1.29, 1.82) is 0 Å². The van der Waals surface area contributed by atoms with Crippen LogP contribution in [0.25, 0.3) is 0 Å². The lowest BCUT2D eigenvalue weighted by atomic mass is 10.1. The van der Waals surface area contributed by atoms with Gasteiger partial charge in [-0.25, -0.2) is 4.98 Å². The van der Waals surface area contributed by atoms with E-state index in [1.165, 1.54) is 0 Å². The molecule has 136 valence electrons. The van der Waals surface area contributed by atoms with Gasteiger partial charge in [0.2, 0.25) is 5.88 Å². The van der Waals surface area contributed by atoms with Crippen molar-refractivity contribution in [1.82, 2.24) is 20.5 Å². The molecule has 2 unspecified atom stereocenters. The Bertz CT molecular complexity index is 537. The maximum absolute atomic E-state index is 5.15. The standard InChI is InChI=1S/C17H29N5O.HI/c1-12(2)22-10-13(3)15(11-22)21-17(18-4)19-9-14-7-6-8-16(20-14)23-5;/h6-8,12-13,15H,9-11H2,1-5H3,(H2,18,19,21);1H. The third-order valence-electron chi connectivity index (χ3n) is 4.34. The summed E-state index contributed by atoms with van der Waals surface area (Å²) < 4.78 is 5.15. The van der Waals surface area contributed by atoms with Crippen molar-refractivity contribution in [2.24, 2.45) is 10.9 Å². The minimum atomic E-state index is 0. The summed E-state index contributed by atoms with van der Waals surface area (Å²) in [6.45, 7) is 9.58. The van der Waals surface area contributed by atoms with E-state index in [9.17, 15) is 0 Å². The van der Waals surface area contributed by atoms with Gasteiger partial charge in [0.1, 0.15) is 0 Å². The number of aliphatic imine (C=N–C) groups is 1. The maximum Gasteiger partial charge on any atom is 0.213 e. The normalized spacial score (nSPS) is 21.5. The van der Waals surface area contributed by atoms with Crippen molar-refractivity contribution in [3.8, 4) is 5.88 Å². The molecule has 1 fully saturated rings. The van der Waals surface area contributed by atoms with Crippen LogP contribution in [-0.2, 0) is 6.54 Å². The molecule has 1 aliphatic rings. The molecular formula is C17H30IN5O. The summed E-state index contributed by atoms with van der Waals surface area (Å²) in [5.41, 5.74) is 0.926. The van der Waals surface area contributed by atoms with Crippen molar-refractivity contribution >= 4 is 29.9 Å². The Kier molecular flexibility index (Phi) is 8.75. The van der Waals surface area contributed by atoms with Crippen LogP contribution < -0.4 is 15.4 Å². The number of nitrogens with one attached hydrogen (secondary N) is 2. The maximum atomic E-state index is 5.15. The van der Waals surface area contributed by atoms with Crippen LogP contribution in [0.5, 0.6) is 5.88 Å². The average Bonchev–Trinajstić information content (AvgIpc) is 2.92. The van der Waals surface area contributed by atoms with Crippen molar-refractivity contribution in [3.05, 3.63) is 23.9 Å². The van der Waals surface area contributed by atoms with Crippen LogP contribution in [-0.4, -0.2) is 55.2 Å². The van der Waals surface area contributed by atoms with Gasteiger partial charge in [-0.1, -0.05) is 13.0 Å². The Morgan fingerprint density at radius 2 is 2.17 bits per heavy atom. The highest BCUT2D eigenvalue weighted by Gasteiger charge is 2.31. The molecule has 1 saturated heterocycles. The molecule has 0 bridgehead atoms. The second-order valence-corrected chi connectivity index (χ2v) is 6.37. The van der Waals surface area contributed by atoms with Gasteiger partial charge in [0.25, 0.3) is 0 Å². The molecule has 7 heteroatoms. The molecule has 0 spiro atoms.